The SMILES string of the molecule is C1CN(N2CCOCC2)C1. The molecule has 0 spiro atoms. The maximum absolute atomic E-state index is 5.25. The molecule has 2 rings (SSSR count). The summed E-state index contributed by atoms with van der Waals surface area (Å²) in [5.41, 5.74) is 0. The first-order chi connectivity index (χ1) is 4.97. The highest BCUT2D eigenvalue weighted by Crippen LogP contribution is 2.11. The fourth-order valence-corrected chi connectivity index (χ4v) is 1.42. The van der Waals surface area contributed by atoms with Crippen LogP contribution in [0.25, 0.3) is 0 Å². The van der Waals surface area contributed by atoms with Gasteiger partial charge in [-0.15, -0.1) is 0 Å². The van der Waals surface area contributed by atoms with Crippen molar-refractivity contribution < 1.29 is 4.74 Å². The smallest absolute Gasteiger partial charge is 0.0608 e. The zero-order valence-electron chi connectivity index (χ0n) is 6.25. The van der Waals surface area contributed by atoms with Gasteiger partial charge in [0.15, 0.2) is 0 Å². The van der Waals surface area contributed by atoms with Gasteiger partial charge in [-0.3, -0.25) is 0 Å². The summed E-state index contributed by atoms with van der Waals surface area (Å²) >= 11 is 0. The summed E-state index contributed by atoms with van der Waals surface area (Å²) in [6.45, 7) is 6.55. The maximum atomic E-state index is 5.25. The quantitative estimate of drug-likeness (QED) is 0.510. The van der Waals surface area contributed by atoms with Crippen LogP contribution < -0.4 is 0 Å². The molecule has 0 aromatic rings. The third kappa shape index (κ3) is 1.17. The molecular weight excluding hydrogens is 128 g/mol. The number of hydrogen-bond acceptors (Lipinski definition) is 3. The lowest BCUT2D eigenvalue weighted by molar-refractivity contribution is -0.120. The predicted molar refractivity (Wildman–Crippen MR) is 38.6 cm³/mol. The van der Waals surface area contributed by atoms with Crippen molar-refractivity contribution in [2.24, 2.45) is 0 Å². The molecule has 2 aliphatic heterocycles. The molecule has 0 saturated carbocycles. The number of rotatable bonds is 1. The van der Waals surface area contributed by atoms with Crippen molar-refractivity contribution in [2.45, 2.75) is 6.42 Å². The summed E-state index contributed by atoms with van der Waals surface area (Å²) in [6, 6.07) is 0. The Hall–Kier alpha value is -0.120. The van der Waals surface area contributed by atoms with Gasteiger partial charge in [-0.2, -0.15) is 0 Å². The Bertz CT molecular complexity index is 108. The van der Waals surface area contributed by atoms with Crippen LogP contribution >= 0.6 is 0 Å². The molecule has 10 heavy (non-hydrogen) atoms. The minimum atomic E-state index is 0.913. The van der Waals surface area contributed by atoms with Crippen LogP contribution in [-0.4, -0.2) is 49.4 Å². The minimum Gasteiger partial charge on any atom is -0.379 e. The normalized spacial score (nSPS) is 30.0. The first-order valence-electron chi connectivity index (χ1n) is 4.04. The van der Waals surface area contributed by atoms with Crippen molar-refractivity contribution in [1.29, 1.82) is 0 Å². The molecule has 0 atom stereocenters. The molecule has 3 heteroatoms. The van der Waals surface area contributed by atoms with Gasteiger partial charge in [-0.1, -0.05) is 0 Å². The molecule has 3 nitrogen and oxygen atoms in total. The highest BCUT2D eigenvalue weighted by molar-refractivity contribution is 4.69. The average Bonchev–Trinajstić information content (AvgIpc) is 1.86. The molecule has 2 heterocycles. The van der Waals surface area contributed by atoms with Gasteiger partial charge in [0, 0.05) is 26.2 Å². The average molecular weight is 142 g/mol. The van der Waals surface area contributed by atoms with Gasteiger partial charge in [0.2, 0.25) is 0 Å². The van der Waals surface area contributed by atoms with E-state index in [-0.39, 0.29) is 0 Å². The van der Waals surface area contributed by atoms with Gasteiger partial charge in [-0.25, -0.2) is 10.0 Å². The van der Waals surface area contributed by atoms with Crippen LogP contribution in [0, 0.1) is 0 Å². The Morgan fingerprint density at radius 3 is 1.90 bits per heavy atom. The monoisotopic (exact) mass is 142 g/mol. The van der Waals surface area contributed by atoms with Gasteiger partial charge >= 0.3 is 0 Å². The lowest BCUT2D eigenvalue weighted by atomic mass is 10.3. The van der Waals surface area contributed by atoms with E-state index in [1.54, 1.807) is 0 Å². The number of ether oxygens (including phenoxy) is 1. The van der Waals surface area contributed by atoms with E-state index in [4.69, 9.17) is 4.74 Å². The molecule has 58 valence electrons. The van der Waals surface area contributed by atoms with E-state index < -0.39 is 0 Å². The van der Waals surface area contributed by atoms with E-state index in [0.29, 0.717) is 0 Å². The molecule has 0 amide bonds. The fraction of sp³-hybridized carbons (Fsp3) is 1.00. The third-order valence-electron chi connectivity index (χ3n) is 2.22. The number of nitrogens with zero attached hydrogens (tertiary/aromatic N) is 2. The van der Waals surface area contributed by atoms with E-state index in [1.165, 1.54) is 19.5 Å². The van der Waals surface area contributed by atoms with E-state index in [2.05, 4.69) is 10.0 Å². The summed E-state index contributed by atoms with van der Waals surface area (Å²) in [5, 5.41) is 4.83. The highest BCUT2D eigenvalue weighted by Gasteiger charge is 2.22. The summed E-state index contributed by atoms with van der Waals surface area (Å²) in [6.07, 6.45) is 1.37. The zero-order chi connectivity index (χ0) is 6.81. The Balaban J connectivity index is 1.78. The van der Waals surface area contributed by atoms with Gasteiger partial charge < -0.3 is 4.74 Å². The van der Waals surface area contributed by atoms with E-state index in [1.807, 2.05) is 0 Å². The topological polar surface area (TPSA) is 15.7 Å². The Labute approximate surface area is 61.5 Å². The van der Waals surface area contributed by atoms with Gasteiger partial charge in [0.05, 0.1) is 13.2 Å². The first-order valence-corrected chi connectivity index (χ1v) is 4.04. The van der Waals surface area contributed by atoms with Gasteiger partial charge in [0.25, 0.3) is 0 Å². The van der Waals surface area contributed by atoms with Gasteiger partial charge in [-0.05, 0) is 6.42 Å². The summed E-state index contributed by atoms with van der Waals surface area (Å²) in [4.78, 5) is 0. The molecule has 2 fully saturated rings. The van der Waals surface area contributed by atoms with Gasteiger partial charge in [0.1, 0.15) is 0 Å². The number of morpholine rings is 1. The van der Waals surface area contributed by atoms with Crippen molar-refractivity contribution in [1.82, 2.24) is 10.0 Å². The number of hydrogen-bond donors (Lipinski definition) is 0. The largest absolute Gasteiger partial charge is 0.379 e. The minimum absolute atomic E-state index is 0.913. The van der Waals surface area contributed by atoms with E-state index in [9.17, 15) is 0 Å². The summed E-state index contributed by atoms with van der Waals surface area (Å²) in [7, 11) is 0. The highest BCUT2D eigenvalue weighted by atomic mass is 16.5. The maximum Gasteiger partial charge on any atom is 0.0608 e. The second-order valence-electron chi connectivity index (χ2n) is 2.87. The number of hydrazine groups is 1. The Kier molecular flexibility index (Phi) is 1.88. The van der Waals surface area contributed by atoms with Crippen LogP contribution in [0.5, 0.6) is 0 Å². The molecule has 0 radical (unpaired) electrons. The second kappa shape index (κ2) is 2.86. The van der Waals surface area contributed by atoms with Crippen molar-refractivity contribution in [3.63, 3.8) is 0 Å². The van der Waals surface area contributed by atoms with Crippen LogP contribution in [0.4, 0.5) is 0 Å². The van der Waals surface area contributed by atoms with Crippen molar-refractivity contribution in [2.75, 3.05) is 39.4 Å². The Morgan fingerprint density at radius 2 is 1.40 bits per heavy atom. The second-order valence-corrected chi connectivity index (χ2v) is 2.87. The molecule has 0 aromatic heterocycles. The van der Waals surface area contributed by atoms with Crippen LogP contribution in [0.1, 0.15) is 6.42 Å². The third-order valence-corrected chi connectivity index (χ3v) is 2.22. The Morgan fingerprint density at radius 1 is 0.800 bits per heavy atom. The van der Waals surface area contributed by atoms with Crippen LogP contribution in [0.3, 0.4) is 0 Å². The van der Waals surface area contributed by atoms with Crippen molar-refractivity contribution in [3.05, 3.63) is 0 Å². The van der Waals surface area contributed by atoms with E-state index in [0.717, 1.165) is 26.3 Å². The molecule has 0 bridgehead atoms. The van der Waals surface area contributed by atoms with Crippen LogP contribution in [0.15, 0.2) is 0 Å². The first kappa shape index (κ1) is 6.58. The summed E-state index contributed by atoms with van der Waals surface area (Å²) < 4.78 is 5.25. The summed E-state index contributed by atoms with van der Waals surface area (Å²) in [5.74, 6) is 0. The zero-order valence-corrected chi connectivity index (χ0v) is 6.25. The van der Waals surface area contributed by atoms with Crippen molar-refractivity contribution >= 4 is 0 Å². The lowest BCUT2D eigenvalue weighted by Crippen LogP contribution is -2.54. The molecule has 0 unspecified atom stereocenters. The molecule has 0 aromatic carbocycles. The van der Waals surface area contributed by atoms with Crippen LogP contribution in [-0.2, 0) is 4.74 Å². The predicted octanol–water partition coefficient (Wildman–Crippen LogP) is -0.0607. The lowest BCUT2D eigenvalue weighted by Gasteiger charge is -2.42. The van der Waals surface area contributed by atoms with Crippen molar-refractivity contribution in [3.8, 4) is 0 Å². The standard InChI is InChI=1S/C7H14N2O/c1-2-8(3-1)9-4-6-10-7-5-9/h1-7H2. The molecule has 2 aliphatic rings. The van der Waals surface area contributed by atoms with E-state index >= 15 is 0 Å². The molecule has 0 N–H and O–H groups in total. The molecule has 2 saturated heterocycles. The fourth-order valence-electron chi connectivity index (χ4n) is 1.42. The molecule has 0 aliphatic carbocycles. The molecular formula is C7H14N2O. The van der Waals surface area contributed by atoms with Crippen LogP contribution in [0.2, 0.25) is 0 Å².